The summed E-state index contributed by atoms with van der Waals surface area (Å²) in [5, 5.41) is 9.78. The number of aliphatic hydroxyl groups excluding tert-OH is 1. The van der Waals surface area contributed by atoms with Gasteiger partial charge < -0.3 is 5.11 Å². The molecule has 1 aliphatic rings. The molecule has 2 aromatic rings. The lowest BCUT2D eigenvalue weighted by molar-refractivity contribution is -0.0975. The van der Waals surface area contributed by atoms with Gasteiger partial charge in [0.1, 0.15) is 16.1 Å². The molecule has 22 heavy (non-hydrogen) atoms. The number of alkyl halides is 2. The van der Waals surface area contributed by atoms with Crippen LogP contribution in [0.25, 0.3) is 10.4 Å². The van der Waals surface area contributed by atoms with Gasteiger partial charge in [0.05, 0.1) is 0 Å². The van der Waals surface area contributed by atoms with E-state index >= 15 is 0 Å². The largest absolute Gasteiger partial charge is 0.382 e. The van der Waals surface area contributed by atoms with Gasteiger partial charge in [-0.2, -0.15) is 0 Å². The Bertz CT molecular complexity index is 856. The third kappa shape index (κ3) is 2.26. The standard InChI is InChI=1S/C14H11F3O3S2/c1-22(19,20)13-10-8(6-14(16,17)12(10)18)11(21-13)7-4-2-3-5-9(7)15/h2-5,12,18H,6H2,1H3/t12-/m0/s1. The van der Waals surface area contributed by atoms with Crippen molar-refractivity contribution in [2.24, 2.45) is 0 Å². The third-order valence-electron chi connectivity index (χ3n) is 3.56. The van der Waals surface area contributed by atoms with Gasteiger partial charge in [0, 0.05) is 28.7 Å². The van der Waals surface area contributed by atoms with Crippen molar-refractivity contribution in [2.45, 2.75) is 22.7 Å². The number of halogens is 3. The van der Waals surface area contributed by atoms with Gasteiger partial charge in [-0.1, -0.05) is 18.2 Å². The molecule has 118 valence electrons. The normalized spacial score (nSPS) is 20.1. The van der Waals surface area contributed by atoms with E-state index < -0.39 is 34.1 Å². The monoisotopic (exact) mass is 348 g/mol. The second kappa shape index (κ2) is 4.81. The zero-order valence-electron chi connectivity index (χ0n) is 11.3. The zero-order chi connectivity index (χ0) is 16.3. The summed E-state index contributed by atoms with van der Waals surface area (Å²) in [6.07, 6.45) is -2.11. The SMILES string of the molecule is CS(=O)(=O)c1sc(-c2ccccc2F)c2c1[C@H](O)C(F)(F)C2. The molecule has 0 fully saturated rings. The lowest BCUT2D eigenvalue weighted by Crippen LogP contribution is -2.22. The maximum absolute atomic E-state index is 13.9. The molecule has 0 saturated heterocycles. The van der Waals surface area contributed by atoms with E-state index in [0.29, 0.717) is 0 Å². The molecule has 0 saturated carbocycles. The summed E-state index contributed by atoms with van der Waals surface area (Å²) in [7, 11) is -3.81. The Morgan fingerprint density at radius 2 is 1.95 bits per heavy atom. The first kappa shape index (κ1) is 15.5. The fraction of sp³-hybridized carbons (Fsp3) is 0.286. The van der Waals surface area contributed by atoms with Crippen LogP contribution in [0.3, 0.4) is 0 Å². The molecule has 0 spiro atoms. The van der Waals surface area contributed by atoms with Gasteiger partial charge in [0.2, 0.25) is 0 Å². The second-order valence-electron chi connectivity index (χ2n) is 5.20. The maximum atomic E-state index is 13.9. The van der Waals surface area contributed by atoms with Crippen LogP contribution in [-0.2, 0) is 16.3 Å². The summed E-state index contributed by atoms with van der Waals surface area (Å²) in [5.74, 6) is -4.09. The number of sulfone groups is 1. The Morgan fingerprint density at radius 1 is 1.32 bits per heavy atom. The predicted octanol–water partition coefficient (Wildman–Crippen LogP) is 3.18. The van der Waals surface area contributed by atoms with Gasteiger partial charge in [-0.15, -0.1) is 11.3 Å². The highest BCUT2D eigenvalue weighted by Crippen LogP contribution is 2.53. The van der Waals surface area contributed by atoms with Crippen LogP contribution in [0.4, 0.5) is 13.2 Å². The van der Waals surface area contributed by atoms with Crippen LogP contribution in [0.15, 0.2) is 28.5 Å². The average Bonchev–Trinajstić information content (AvgIpc) is 2.86. The number of benzene rings is 1. The zero-order valence-corrected chi connectivity index (χ0v) is 12.9. The van der Waals surface area contributed by atoms with Crippen LogP contribution in [0.5, 0.6) is 0 Å². The van der Waals surface area contributed by atoms with E-state index in [2.05, 4.69) is 0 Å². The van der Waals surface area contributed by atoms with Crippen molar-refractivity contribution in [3.63, 3.8) is 0 Å². The molecule has 1 aromatic carbocycles. The minimum absolute atomic E-state index is 0.00743. The number of hydrogen-bond acceptors (Lipinski definition) is 4. The molecule has 0 bridgehead atoms. The lowest BCUT2D eigenvalue weighted by atomic mass is 10.1. The molecule has 3 rings (SSSR count). The predicted molar refractivity (Wildman–Crippen MR) is 76.4 cm³/mol. The van der Waals surface area contributed by atoms with E-state index in [1.54, 1.807) is 0 Å². The summed E-state index contributed by atoms with van der Waals surface area (Å²) in [6, 6.07) is 5.56. The van der Waals surface area contributed by atoms with Crippen LogP contribution in [0, 0.1) is 5.82 Å². The maximum Gasteiger partial charge on any atom is 0.281 e. The van der Waals surface area contributed by atoms with E-state index in [9.17, 15) is 26.7 Å². The van der Waals surface area contributed by atoms with Gasteiger partial charge in [0.25, 0.3) is 5.92 Å². The Kier molecular flexibility index (Phi) is 3.39. The van der Waals surface area contributed by atoms with Gasteiger partial charge in [-0.25, -0.2) is 21.6 Å². The molecule has 1 N–H and O–H groups in total. The lowest BCUT2D eigenvalue weighted by Gasteiger charge is -2.14. The van der Waals surface area contributed by atoms with Crippen LogP contribution in [0.1, 0.15) is 17.2 Å². The molecule has 1 aliphatic carbocycles. The highest BCUT2D eigenvalue weighted by molar-refractivity contribution is 7.92. The molecular formula is C14H11F3O3S2. The quantitative estimate of drug-likeness (QED) is 0.907. The number of fused-ring (bicyclic) bond motifs is 1. The van der Waals surface area contributed by atoms with Crippen molar-refractivity contribution < 1.29 is 26.7 Å². The molecule has 1 heterocycles. The minimum atomic E-state index is -3.81. The Balaban J connectivity index is 2.33. The Labute approximate surface area is 128 Å². The van der Waals surface area contributed by atoms with Gasteiger partial charge in [-0.3, -0.25) is 0 Å². The molecule has 8 heteroatoms. The third-order valence-corrected chi connectivity index (χ3v) is 6.68. The van der Waals surface area contributed by atoms with Crippen molar-refractivity contribution in [3.8, 4) is 10.4 Å². The van der Waals surface area contributed by atoms with E-state index in [-0.39, 0.29) is 25.8 Å². The summed E-state index contributed by atoms with van der Waals surface area (Å²) < 4.78 is 64.9. The number of hydrogen-bond donors (Lipinski definition) is 1. The van der Waals surface area contributed by atoms with Gasteiger partial charge >= 0.3 is 0 Å². The molecule has 3 nitrogen and oxygen atoms in total. The van der Waals surface area contributed by atoms with E-state index in [1.807, 2.05) is 0 Å². The van der Waals surface area contributed by atoms with Crippen molar-refractivity contribution in [1.29, 1.82) is 0 Å². The fourth-order valence-corrected chi connectivity index (χ4v) is 5.19. The first-order valence-corrected chi connectivity index (χ1v) is 9.00. The van der Waals surface area contributed by atoms with Crippen molar-refractivity contribution in [3.05, 3.63) is 41.2 Å². The molecule has 0 unspecified atom stereocenters. The average molecular weight is 348 g/mol. The summed E-state index contributed by atoms with van der Waals surface area (Å²) in [5.41, 5.74) is -0.229. The van der Waals surface area contributed by atoms with Gasteiger partial charge in [0.15, 0.2) is 9.84 Å². The molecule has 0 radical (unpaired) electrons. The van der Waals surface area contributed by atoms with Crippen molar-refractivity contribution in [1.82, 2.24) is 0 Å². The number of thiophene rings is 1. The summed E-state index contributed by atoms with van der Waals surface area (Å²) >= 11 is 0.719. The van der Waals surface area contributed by atoms with Crippen LogP contribution in [-0.4, -0.2) is 25.7 Å². The van der Waals surface area contributed by atoms with Crippen LogP contribution >= 0.6 is 11.3 Å². The summed E-state index contributed by atoms with van der Waals surface area (Å²) in [6.45, 7) is 0. The first-order valence-electron chi connectivity index (χ1n) is 6.29. The number of rotatable bonds is 2. The fourth-order valence-electron chi connectivity index (χ4n) is 2.59. The highest BCUT2D eigenvalue weighted by Gasteiger charge is 2.51. The molecule has 0 amide bonds. The van der Waals surface area contributed by atoms with Crippen molar-refractivity contribution >= 4 is 21.2 Å². The van der Waals surface area contributed by atoms with Crippen LogP contribution < -0.4 is 0 Å². The second-order valence-corrected chi connectivity index (χ2v) is 8.43. The van der Waals surface area contributed by atoms with Crippen LogP contribution in [0.2, 0.25) is 0 Å². The molecule has 1 atom stereocenters. The minimum Gasteiger partial charge on any atom is -0.382 e. The van der Waals surface area contributed by atoms with E-state index in [0.717, 1.165) is 17.6 Å². The first-order chi connectivity index (χ1) is 10.1. The molecular weight excluding hydrogens is 337 g/mol. The number of aliphatic hydroxyl groups is 1. The molecule has 1 aromatic heterocycles. The molecule has 0 aliphatic heterocycles. The summed E-state index contributed by atoms with van der Waals surface area (Å²) in [4.78, 5) is 0.129. The topological polar surface area (TPSA) is 54.4 Å². The van der Waals surface area contributed by atoms with Gasteiger partial charge in [-0.05, 0) is 11.6 Å². The van der Waals surface area contributed by atoms with E-state index in [1.165, 1.54) is 24.3 Å². The highest BCUT2D eigenvalue weighted by atomic mass is 32.2. The Morgan fingerprint density at radius 3 is 2.55 bits per heavy atom. The van der Waals surface area contributed by atoms with Crippen molar-refractivity contribution in [2.75, 3.05) is 6.26 Å². The Hall–Kier alpha value is -1.38. The smallest absolute Gasteiger partial charge is 0.281 e. The van der Waals surface area contributed by atoms with E-state index in [4.69, 9.17) is 0 Å².